The zero-order chi connectivity index (χ0) is 15.0. The minimum absolute atomic E-state index is 0.267. The molecule has 1 heterocycles. The van der Waals surface area contributed by atoms with Crippen molar-refractivity contribution in [3.63, 3.8) is 0 Å². The van der Waals surface area contributed by atoms with Crippen LogP contribution in [0.15, 0.2) is 44.0 Å². The molecule has 1 aromatic heterocycles. The largest absolute Gasteiger partial charge is 0.417 e. The highest BCUT2D eigenvalue weighted by atomic mass is 79.9. The molecule has 0 aliphatic carbocycles. The van der Waals surface area contributed by atoms with Gasteiger partial charge in [0.25, 0.3) is 0 Å². The first-order valence-corrected chi connectivity index (χ1v) is 6.92. The minimum Gasteiger partial charge on any atom is -0.408 e. The van der Waals surface area contributed by atoms with E-state index in [0.29, 0.717) is 28.0 Å². The molecule has 5 nitrogen and oxygen atoms in total. The van der Waals surface area contributed by atoms with Crippen LogP contribution in [0.3, 0.4) is 0 Å². The van der Waals surface area contributed by atoms with E-state index in [4.69, 9.17) is 10.2 Å². The third kappa shape index (κ3) is 2.78. The van der Waals surface area contributed by atoms with Crippen LogP contribution in [0, 0.1) is 5.82 Å². The molecular formula is C14H11BrFN3O2. The molecule has 4 N–H and O–H groups in total. The average Bonchev–Trinajstić information content (AvgIpc) is 2.78. The number of nitrogens with one attached hydrogen (secondary N) is 2. The quantitative estimate of drug-likeness (QED) is 0.632. The molecule has 0 aliphatic rings. The maximum atomic E-state index is 13.7. The van der Waals surface area contributed by atoms with Crippen LogP contribution >= 0.6 is 15.9 Å². The fourth-order valence-corrected chi connectivity index (χ4v) is 2.44. The number of halogens is 2. The number of aromatic nitrogens is 1. The summed E-state index contributed by atoms with van der Waals surface area (Å²) in [5.41, 5.74) is 8.32. The summed E-state index contributed by atoms with van der Waals surface area (Å²) in [6.07, 6.45) is 0. The van der Waals surface area contributed by atoms with Crippen LogP contribution in [-0.2, 0) is 6.54 Å². The number of nitrogens with two attached hydrogens (primary N) is 1. The van der Waals surface area contributed by atoms with Crippen molar-refractivity contribution >= 4 is 38.4 Å². The molecule has 0 amide bonds. The molecule has 0 saturated carbocycles. The van der Waals surface area contributed by atoms with E-state index in [2.05, 4.69) is 26.2 Å². The lowest BCUT2D eigenvalue weighted by molar-refractivity contribution is 0.555. The molecule has 21 heavy (non-hydrogen) atoms. The summed E-state index contributed by atoms with van der Waals surface area (Å²) in [5, 5.41) is 3.05. The Morgan fingerprint density at radius 2 is 2.14 bits per heavy atom. The van der Waals surface area contributed by atoms with Gasteiger partial charge in [0, 0.05) is 22.6 Å². The number of nitrogen functional groups attached to an aromatic ring is 1. The van der Waals surface area contributed by atoms with Gasteiger partial charge in [-0.15, -0.1) is 0 Å². The van der Waals surface area contributed by atoms with E-state index in [-0.39, 0.29) is 12.4 Å². The fraction of sp³-hybridized carbons (Fsp3) is 0.0714. The standard InChI is InChI=1S/C14H11BrFN3O2/c15-8-1-2-9(16)7(3-8)6-18-11-5-12-13(4-10(11)17)21-14(20)19-12/h1-5,18H,6,17H2,(H,19,20). The van der Waals surface area contributed by atoms with Gasteiger partial charge in [-0.05, 0) is 24.3 Å². The van der Waals surface area contributed by atoms with E-state index in [9.17, 15) is 9.18 Å². The van der Waals surface area contributed by atoms with Crippen LogP contribution in [0.4, 0.5) is 15.8 Å². The van der Waals surface area contributed by atoms with Crippen LogP contribution in [0.25, 0.3) is 11.1 Å². The maximum absolute atomic E-state index is 13.7. The molecule has 0 spiro atoms. The number of oxazole rings is 1. The van der Waals surface area contributed by atoms with Gasteiger partial charge >= 0.3 is 5.76 Å². The fourth-order valence-electron chi connectivity index (χ4n) is 2.04. The molecule has 0 bridgehead atoms. The van der Waals surface area contributed by atoms with Gasteiger partial charge in [0.1, 0.15) is 5.82 Å². The van der Waals surface area contributed by atoms with Crippen LogP contribution in [0.2, 0.25) is 0 Å². The molecule has 3 aromatic rings. The van der Waals surface area contributed by atoms with Crippen molar-refractivity contribution in [1.29, 1.82) is 0 Å². The first kappa shape index (κ1) is 13.7. The van der Waals surface area contributed by atoms with Crippen LogP contribution in [0.5, 0.6) is 0 Å². The second-order valence-corrected chi connectivity index (χ2v) is 5.46. The van der Waals surface area contributed by atoms with Crippen molar-refractivity contribution in [3.8, 4) is 0 Å². The smallest absolute Gasteiger partial charge is 0.408 e. The number of hydrogen-bond donors (Lipinski definition) is 3. The normalized spacial score (nSPS) is 11.0. The number of hydrogen-bond acceptors (Lipinski definition) is 4. The molecule has 0 radical (unpaired) electrons. The predicted molar refractivity (Wildman–Crippen MR) is 82.7 cm³/mol. The van der Waals surface area contributed by atoms with E-state index in [1.165, 1.54) is 6.07 Å². The van der Waals surface area contributed by atoms with E-state index >= 15 is 0 Å². The van der Waals surface area contributed by atoms with Crippen molar-refractivity contribution in [1.82, 2.24) is 4.98 Å². The molecule has 3 rings (SSSR count). The molecule has 0 atom stereocenters. The summed E-state index contributed by atoms with van der Waals surface area (Å²) in [6, 6.07) is 7.92. The second kappa shape index (κ2) is 5.25. The minimum atomic E-state index is -0.542. The second-order valence-electron chi connectivity index (χ2n) is 4.54. The van der Waals surface area contributed by atoms with E-state index in [1.54, 1.807) is 24.3 Å². The number of fused-ring (bicyclic) bond motifs is 1. The third-order valence-corrected chi connectivity index (χ3v) is 3.56. The van der Waals surface area contributed by atoms with E-state index < -0.39 is 5.76 Å². The first-order chi connectivity index (χ1) is 10.0. The SMILES string of the molecule is Nc1cc2oc(=O)[nH]c2cc1NCc1cc(Br)ccc1F. The van der Waals surface area contributed by atoms with E-state index in [0.717, 1.165) is 4.47 Å². The van der Waals surface area contributed by atoms with Crippen molar-refractivity contribution in [2.24, 2.45) is 0 Å². The maximum Gasteiger partial charge on any atom is 0.417 e. The lowest BCUT2D eigenvalue weighted by Gasteiger charge is -2.10. The van der Waals surface area contributed by atoms with Gasteiger partial charge in [0.2, 0.25) is 0 Å². The van der Waals surface area contributed by atoms with Crippen molar-refractivity contribution in [3.05, 3.63) is 56.7 Å². The number of rotatable bonds is 3. The number of benzene rings is 2. The first-order valence-electron chi connectivity index (χ1n) is 6.13. The van der Waals surface area contributed by atoms with Crippen LogP contribution in [-0.4, -0.2) is 4.98 Å². The molecule has 0 saturated heterocycles. The summed E-state index contributed by atoms with van der Waals surface area (Å²) < 4.78 is 19.4. The summed E-state index contributed by atoms with van der Waals surface area (Å²) in [6.45, 7) is 0.267. The molecule has 2 aromatic carbocycles. The van der Waals surface area contributed by atoms with Gasteiger partial charge in [0.15, 0.2) is 5.58 Å². The van der Waals surface area contributed by atoms with Gasteiger partial charge in [0.05, 0.1) is 16.9 Å². The van der Waals surface area contributed by atoms with Gasteiger partial charge < -0.3 is 15.5 Å². The molecule has 0 aliphatic heterocycles. The van der Waals surface area contributed by atoms with Gasteiger partial charge in [-0.1, -0.05) is 15.9 Å². The Bertz CT molecular complexity index is 872. The highest BCUT2D eigenvalue weighted by Gasteiger charge is 2.08. The molecule has 7 heteroatoms. The van der Waals surface area contributed by atoms with Crippen LogP contribution < -0.4 is 16.8 Å². The summed E-state index contributed by atoms with van der Waals surface area (Å²) in [5.74, 6) is -0.846. The summed E-state index contributed by atoms with van der Waals surface area (Å²) in [4.78, 5) is 13.7. The third-order valence-electron chi connectivity index (χ3n) is 3.07. The average molecular weight is 352 g/mol. The van der Waals surface area contributed by atoms with Gasteiger partial charge in [-0.3, -0.25) is 4.98 Å². The molecule has 0 unspecified atom stereocenters. The molecule has 0 fully saturated rings. The monoisotopic (exact) mass is 351 g/mol. The summed E-state index contributed by atoms with van der Waals surface area (Å²) >= 11 is 3.30. The van der Waals surface area contributed by atoms with Crippen molar-refractivity contribution < 1.29 is 8.81 Å². The summed E-state index contributed by atoms with van der Waals surface area (Å²) in [7, 11) is 0. The zero-order valence-electron chi connectivity index (χ0n) is 10.7. The molecular weight excluding hydrogens is 341 g/mol. The van der Waals surface area contributed by atoms with Gasteiger partial charge in [-0.25, -0.2) is 9.18 Å². The highest BCUT2D eigenvalue weighted by Crippen LogP contribution is 2.25. The zero-order valence-corrected chi connectivity index (χ0v) is 12.3. The number of aromatic amines is 1. The number of H-pyrrole nitrogens is 1. The van der Waals surface area contributed by atoms with Crippen molar-refractivity contribution in [2.45, 2.75) is 6.54 Å². The Morgan fingerprint density at radius 3 is 2.95 bits per heavy atom. The number of anilines is 2. The lowest BCUT2D eigenvalue weighted by Crippen LogP contribution is -2.04. The topological polar surface area (TPSA) is 84.0 Å². The van der Waals surface area contributed by atoms with Crippen LogP contribution in [0.1, 0.15) is 5.56 Å². The lowest BCUT2D eigenvalue weighted by atomic mass is 10.2. The Kier molecular flexibility index (Phi) is 3.42. The van der Waals surface area contributed by atoms with Gasteiger partial charge in [-0.2, -0.15) is 0 Å². The Hall–Kier alpha value is -2.28. The molecule has 108 valence electrons. The Morgan fingerprint density at radius 1 is 1.33 bits per heavy atom. The van der Waals surface area contributed by atoms with E-state index in [1.807, 2.05) is 0 Å². The highest BCUT2D eigenvalue weighted by molar-refractivity contribution is 9.10. The predicted octanol–water partition coefficient (Wildman–Crippen LogP) is 3.22. The Labute approximate surface area is 127 Å². The van der Waals surface area contributed by atoms with Crippen molar-refractivity contribution in [2.75, 3.05) is 11.1 Å². The Balaban J connectivity index is 1.89.